The van der Waals surface area contributed by atoms with E-state index in [9.17, 15) is 18.0 Å². The molecule has 1 amide bonds. The van der Waals surface area contributed by atoms with Gasteiger partial charge in [0, 0.05) is 6.42 Å². The number of carbonyl (C=O) groups excluding carboxylic acids is 2. The van der Waals surface area contributed by atoms with Crippen molar-refractivity contribution in [3.63, 3.8) is 0 Å². The Kier molecular flexibility index (Phi) is 6.76. The van der Waals surface area contributed by atoms with Crippen molar-refractivity contribution in [2.45, 2.75) is 18.2 Å². The van der Waals surface area contributed by atoms with E-state index in [1.807, 2.05) is 0 Å². The number of ether oxygens (including phenoxy) is 2. The van der Waals surface area contributed by atoms with Crippen LogP contribution in [0.1, 0.15) is 23.7 Å². The molecule has 0 unspecified atom stereocenters. The van der Waals surface area contributed by atoms with Crippen LogP contribution in [0.3, 0.4) is 0 Å². The Balaban J connectivity index is 1.98. The summed E-state index contributed by atoms with van der Waals surface area (Å²) in [6.45, 7) is 1.91. The molecule has 0 atom stereocenters. The molecule has 0 aliphatic carbocycles. The van der Waals surface area contributed by atoms with Crippen molar-refractivity contribution < 1.29 is 27.5 Å². The van der Waals surface area contributed by atoms with Gasteiger partial charge in [-0.25, -0.2) is 13.2 Å². The highest BCUT2D eigenvalue weighted by Crippen LogP contribution is 2.24. The standard InChI is InChI=1S/C17H19NO6S2/c1-3-24-17(20)14-8-10-25-16(14)18-15(19)9-11-26(21,22)13-6-4-12(23-2)5-7-13/h4-8,10H,3,9,11H2,1-2H3,(H,18,19). The molecule has 9 heteroatoms. The van der Waals surface area contributed by atoms with Gasteiger partial charge < -0.3 is 14.8 Å². The second-order valence-electron chi connectivity index (χ2n) is 5.18. The van der Waals surface area contributed by atoms with Crippen molar-refractivity contribution in [3.05, 3.63) is 41.3 Å². The van der Waals surface area contributed by atoms with Crippen molar-refractivity contribution in [3.8, 4) is 5.75 Å². The second-order valence-corrected chi connectivity index (χ2v) is 8.20. The number of hydrogen-bond donors (Lipinski definition) is 1. The largest absolute Gasteiger partial charge is 0.497 e. The molecule has 0 aliphatic rings. The molecule has 1 N–H and O–H groups in total. The summed E-state index contributed by atoms with van der Waals surface area (Å²) in [7, 11) is -2.11. The SMILES string of the molecule is CCOC(=O)c1ccsc1NC(=O)CCS(=O)(=O)c1ccc(OC)cc1. The number of methoxy groups -OCH3 is 1. The van der Waals surface area contributed by atoms with E-state index < -0.39 is 21.7 Å². The van der Waals surface area contributed by atoms with Crippen LogP contribution in [0.4, 0.5) is 5.00 Å². The minimum atomic E-state index is -3.60. The lowest BCUT2D eigenvalue weighted by molar-refractivity contribution is -0.115. The summed E-state index contributed by atoms with van der Waals surface area (Å²) >= 11 is 1.17. The number of esters is 1. The van der Waals surface area contributed by atoms with Gasteiger partial charge in [0.25, 0.3) is 0 Å². The van der Waals surface area contributed by atoms with Crippen LogP contribution >= 0.6 is 11.3 Å². The van der Waals surface area contributed by atoms with Gasteiger partial charge in [0.2, 0.25) is 5.91 Å². The second kappa shape index (κ2) is 8.81. The van der Waals surface area contributed by atoms with Crippen molar-refractivity contribution >= 4 is 38.1 Å². The van der Waals surface area contributed by atoms with Gasteiger partial charge in [-0.05, 0) is 42.6 Å². The van der Waals surface area contributed by atoms with Gasteiger partial charge in [-0.1, -0.05) is 0 Å². The Hall–Kier alpha value is -2.39. The summed E-state index contributed by atoms with van der Waals surface area (Å²) in [5, 5.41) is 4.56. The minimum Gasteiger partial charge on any atom is -0.497 e. The molecule has 1 aromatic carbocycles. The fraction of sp³-hybridized carbons (Fsp3) is 0.294. The average molecular weight is 397 g/mol. The van der Waals surface area contributed by atoms with Crippen LogP contribution in [-0.4, -0.2) is 39.8 Å². The van der Waals surface area contributed by atoms with Crippen LogP contribution in [0.25, 0.3) is 0 Å². The maximum Gasteiger partial charge on any atom is 0.341 e. The number of hydrogen-bond acceptors (Lipinski definition) is 7. The van der Waals surface area contributed by atoms with E-state index in [0.29, 0.717) is 10.8 Å². The normalized spacial score (nSPS) is 11.0. The topological polar surface area (TPSA) is 98.8 Å². The smallest absolute Gasteiger partial charge is 0.341 e. The van der Waals surface area contributed by atoms with Crippen LogP contribution in [0.2, 0.25) is 0 Å². The first-order chi connectivity index (χ1) is 12.4. The number of thiophene rings is 1. The Labute approximate surface area is 155 Å². The van der Waals surface area contributed by atoms with E-state index in [4.69, 9.17) is 9.47 Å². The zero-order chi connectivity index (χ0) is 19.2. The van der Waals surface area contributed by atoms with Gasteiger partial charge in [0.15, 0.2) is 9.84 Å². The quantitative estimate of drug-likeness (QED) is 0.688. The van der Waals surface area contributed by atoms with Crippen molar-refractivity contribution in [1.82, 2.24) is 0 Å². The molecule has 26 heavy (non-hydrogen) atoms. The van der Waals surface area contributed by atoms with E-state index in [1.165, 1.54) is 30.6 Å². The van der Waals surface area contributed by atoms with Crippen LogP contribution in [0.15, 0.2) is 40.6 Å². The van der Waals surface area contributed by atoms with E-state index >= 15 is 0 Å². The van der Waals surface area contributed by atoms with E-state index in [0.717, 1.165) is 0 Å². The molecule has 0 spiro atoms. The van der Waals surface area contributed by atoms with Gasteiger partial charge in [-0.2, -0.15) is 0 Å². The van der Waals surface area contributed by atoms with Crippen LogP contribution < -0.4 is 10.1 Å². The summed E-state index contributed by atoms with van der Waals surface area (Å²) in [5.74, 6) is -0.818. The summed E-state index contributed by atoms with van der Waals surface area (Å²) in [4.78, 5) is 24.0. The van der Waals surface area contributed by atoms with Gasteiger partial charge in [0.1, 0.15) is 10.8 Å². The van der Waals surface area contributed by atoms with Crippen LogP contribution in [0, 0.1) is 0 Å². The minimum absolute atomic E-state index is 0.120. The first-order valence-electron chi connectivity index (χ1n) is 7.78. The number of rotatable bonds is 8. The predicted molar refractivity (Wildman–Crippen MR) is 98.6 cm³/mol. The molecule has 1 heterocycles. The fourth-order valence-electron chi connectivity index (χ4n) is 2.09. The van der Waals surface area contributed by atoms with Gasteiger partial charge in [-0.3, -0.25) is 4.79 Å². The molecule has 0 fully saturated rings. The highest BCUT2D eigenvalue weighted by Gasteiger charge is 2.19. The molecular weight excluding hydrogens is 378 g/mol. The molecule has 0 bridgehead atoms. The molecule has 2 aromatic rings. The van der Waals surface area contributed by atoms with Crippen LogP contribution in [0.5, 0.6) is 5.75 Å². The number of carbonyl (C=O) groups is 2. The Morgan fingerprint density at radius 1 is 1.15 bits per heavy atom. The molecule has 2 rings (SSSR count). The molecule has 0 aliphatic heterocycles. The Morgan fingerprint density at radius 3 is 2.46 bits per heavy atom. The van der Waals surface area contributed by atoms with Crippen molar-refractivity contribution in [1.29, 1.82) is 0 Å². The monoisotopic (exact) mass is 397 g/mol. The highest BCUT2D eigenvalue weighted by atomic mass is 32.2. The molecule has 1 aromatic heterocycles. The number of benzene rings is 1. The van der Waals surface area contributed by atoms with Gasteiger partial charge >= 0.3 is 5.97 Å². The van der Waals surface area contributed by atoms with Crippen molar-refractivity contribution in [2.24, 2.45) is 0 Å². The average Bonchev–Trinajstić information content (AvgIpc) is 3.08. The van der Waals surface area contributed by atoms with Crippen LogP contribution in [-0.2, 0) is 19.4 Å². The molecule has 0 radical (unpaired) electrons. The lowest BCUT2D eigenvalue weighted by atomic mass is 10.3. The van der Waals surface area contributed by atoms with Gasteiger partial charge in [-0.15, -0.1) is 11.3 Å². The summed E-state index contributed by atoms with van der Waals surface area (Å²) in [6.07, 6.45) is -0.228. The number of sulfone groups is 1. The van der Waals surface area contributed by atoms with Crippen molar-refractivity contribution in [2.75, 3.05) is 24.8 Å². The molecule has 0 saturated carbocycles. The maximum absolute atomic E-state index is 12.3. The maximum atomic E-state index is 12.3. The Morgan fingerprint density at radius 2 is 1.85 bits per heavy atom. The first-order valence-corrected chi connectivity index (χ1v) is 10.3. The molecule has 7 nitrogen and oxygen atoms in total. The molecule has 140 valence electrons. The zero-order valence-electron chi connectivity index (χ0n) is 14.4. The summed E-state index contributed by atoms with van der Waals surface area (Å²) in [6, 6.07) is 7.51. The third-order valence-corrected chi connectivity index (χ3v) is 5.99. The molecule has 0 saturated heterocycles. The van der Waals surface area contributed by atoms with E-state index in [1.54, 1.807) is 30.5 Å². The summed E-state index contributed by atoms with van der Waals surface area (Å²) in [5.41, 5.74) is 0.253. The highest BCUT2D eigenvalue weighted by molar-refractivity contribution is 7.91. The zero-order valence-corrected chi connectivity index (χ0v) is 16.0. The number of amides is 1. The first kappa shape index (κ1) is 19.9. The number of nitrogens with one attached hydrogen (secondary N) is 1. The lowest BCUT2D eigenvalue weighted by Crippen LogP contribution is -2.18. The number of anilines is 1. The molecular formula is C17H19NO6S2. The van der Waals surface area contributed by atoms with E-state index in [2.05, 4.69) is 5.32 Å². The predicted octanol–water partition coefficient (Wildman–Crippen LogP) is 2.74. The third kappa shape index (κ3) is 5.06. The lowest BCUT2D eigenvalue weighted by Gasteiger charge is -2.07. The van der Waals surface area contributed by atoms with E-state index in [-0.39, 0.29) is 29.2 Å². The summed E-state index contributed by atoms with van der Waals surface area (Å²) < 4.78 is 34.5. The fourth-order valence-corrected chi connectivity index (χ4v) is 4.12. The Bertz CT molecular complexity index is 871. The third-order valence-electron chi connectivity index (χ3n) is 3.43. The van der Waals surface area contributed by atoms with Gasteiger partial charge in [0.05, 0.1) is 29.9 Å².